The molecule has 5 heteroatoms. The number of hydrogen-bond donors (Lipinski definition) is 0. The van der Waals surface area contributed by atoms with E-state index in [0.717, 1.165) is 24.4 Å². The highest BCUT2D eigenvalue weighted by atomic mass is 16.5. The van der Waals surface area contributed by atoms with E-state index in [2.05, 4.69) is 65.6 Å². The zero-order chi connectivity index (χ0) is 24.6. The van der Waals surface area contributed by atoms with Gasteiger partial charge in [-0.1, -0.05) is 60.7 Å². The fourth-order valence-corrected chi connectivity index (χ4v) is 4.63. The first-order valence-corrected chi connectivity index (χ1v) is 12.6. The van der Waals surface area contributed by atoms with Crippen LogP contribution in [0.4, 0.5) is 0 Å². The topological polar surface area (TPSA) is 42.0 Å². The van der Waals surface area contributed by atoms with E-state index in [4.69, 9.17) is 9.47 Å². The van der Waals surface area contributed by atoms with Gasteiger partial charge in [-0.2, -0.15) is 0 Å². The predicted molar refractivity (Wildman–Crippen MR) is 140 cm³/mol. The summed E-state index contributed by atoms with van der Waals surface area (Å²) in [5, 5.41) is 0. The number of carbonyl (C=O) groups excluding carboxylic acids is 1. The van der Waals surface area contributed by atoms with E-state index in [0.29, 0.717) is 31.9 Å². The number of rotatable bonds is 9. The summed E-state index contributed by atoms with van der Waals surface area (Å²) in [4.78, 5) is 17.8. The van der Waals surface area contributed by atoms with Crippen LogP contribution in [0.3, 0.4) is 0 Å². The van der Waals surface area contributed by atoms with Crippen LogP contribution in [0.25, 0.3) is 0 Å². The smallest absolute Gasteiger partial charge is 0.253 e. The number of hydrogen-bond acceptors (Lipinski definition) is 4. The number of nitrogens with zero attached hydrogens (tertiary/aromatic N) is 2. The third kappa shape index (κ3) is 6.30. The SMILES string of the molecule is CCOc1ccc(C(=O)N2CCN(C(c3ccccc3)c3ccccc3)CC2)cc1COC(C)C. The fourth-order valence-electron chi connectivity index (χ4n) is 4.63. The summed E-state index contributed by atoms with van der Waals surface area (Å²) in [5.41, 5.74) is 4.16. The second kappa shape index (κ2) is 12.0. The van der Waals surface area contributed by atoms with E-state index in [9.17, 15) is 4.79 Å². The molecule has 0 atom stereocenters. The Balaban J connectivity index is 1.48. The van der Waals surface area contributed by atoms with Gasteiger partial charge in [0.05, 0.1) is 25.4 Å². The summed E-state index contributed by atoms with van der Waals surface area (Å²) in [5.74, 6) is 0.845. The molecule has 1 aliphatic heterocycles. The van der Waals surface area contributed by atoms with Gasteiger partial charge in [-0.25, -0.2) is 0 Å². The molecule has 0 aliphatic carbocycles. The molecule has 1 saturated heterocycles. The fraction of sp³-hybridized carbons (Fsp3) is 0.367. The van der Waals surface area contributed by atoms with E-state index in [1.165, 1.54) is 11.1 Å². The van der Waals surface area contributed by atoms with Crippen LogP contribution in [0.5, 0.6) is 5.75 Å². The van der Waals surface area contributed by atoms with E-state index < -0.39 is 0 Å². The highest BCUT2D eigenvalue weighted by molar-refractivity contribution is 5.94. The molecule has 0 N–H and O–H groups in total. The van der Waals surface area contributed by atoms with Gasteiger partial charge < -0.3 is 14.4 Å². The first-order valence-electron chi connectivity index (χ1n) is 12.6. The molecule has 1 fully saturated rings. The molecule has 0 spiro atoms. The molecule has 0 bridgehead atoms. The minimum atomic E-state index is 0.0643. The molecule has 0 unspecified atom stereocenters. The first-order chi connectivity index (χ1) is 17.1. The molecule has 0 aromatic heterocycles. The van der Waals surface area contributed by atoms with Crippen molar-refractivity contribution in [2.24, 2.45) is 0 Å². The second-order valence-corrected chi connectivity index (χ2v) is 9.17. The Hall–Kier alpha value is -3.15. The molecule has 4 rings (SSSR count). The maximum absolute atomic E-state index is 13.4. The lowest BCUT2D eigenvalue weighted by Crippen LogP contribution is -2.49. The maximum Gasteiger partial charge on any atom is 0.253 e. The van der Waals surface area contributed by atoms with Crippen molar-refractivity contribution < 1.29 is 14.3 Å². The number of carbonyl (C=O) groups is 1. The highest BCUT2D eigenvalue weighted by Gasteiger charge is 2.28. The molecule has 184 valence electrons. The van der Waals surface area contributed by atoms with Crippen LogP contribution in [-0.2, 0) is 11.3 Å². The molecule has 1 amide bonds. The molecule has 3 aromatic rings. The first kappa shape index (κ1) is 25.0. The molecule has 3 aromatic carbocycles. The van der Waals surface area contributed by atoms with Crippen molar-refractivity contribution in [2.45, 2.75) is 39.5 Å². The maximum atomic E-state index is 13.4. The average Bonchev–Trinajstić information content (AvgIpc) is 2.89. The van der Waals surface area contributed by atoms with Gasteiger partial charge in [-0.05, 0) is 50.1 Å². The van der Waals surface area contributed by atoms with E-state index in [1.807, 2.05) is 43.9 Å². The Labute approximate surface area is 209 Å². The third-order valence-electron chi connectivity index (χ3n) is 6.38. The van der Waals surface area contributed by atoms with Gasteiger partial charge in [0.15, 0.2) is 0 Å². The van der Waals surface area contributed by atoms with Crippen LogP contribution < -0.4 is 4.74 Å². The van der Waals surface area contributed by atoms with Gasteiger partial charge in [-0.3, -0.25) is 9.69 Å². The lowest BCUT2D eigenvalue weighted by atomic mass is 9.96. The lowest BCUT2D eigenvalue weighted by molar-refractivity contribution is 0.0593. The van der Waals surface area contributed by atoms with Crippen molar-refractivity contribution in [3.8, 4) is 5.75 Å². The van der Waals surface area contributed by atoms with Crippen molar-refractivity contribution in [2.75, 3.05) is 32.8 Å². The molecule has 35 heavy (non-hydrogen) atoms. The Morgan fingerprint density at radius 1 is 0.857 bits per heavy atom. The van der Waals surface area contributed by atoms with Crippen molar-refractivity contribution >= 4 is 5.91 Å². The molecule has 0 radical (unpaired) electrons. The highest BCUT2D eigenvalue weighted by Crippen LogP contribution is 2.30. The van der Waals surface area contributed by atoms with Gasteiger partial charge in [0.2, 0.25) is 0 Å². The molecular weight excluding hydrogens is 436 g/mol. The van der Waals surface area contributed by atoms with E-state index >= 15 is 0 Å². The Morgan fingerprint density at radius 3 is 2.00 bits per heavy atom. The standard InChI is InChI=1S/C30H36N2O3/c1-4-34-28-16-15-26(21-27(28)22-35-23(2)3)30(33)32-19-17-31(18-20-32)29(24-11-7-5-8-12-24)25-13-9-6-10-14-25/h5-16,21,23,29H,4,17-20,22H2,1-3H3. The van der Waals surface area contributed by atoms with Crippen LogP contribution in [0.1, 0.15) is 53.9 Å². The normalized spacial score (nSPS) is 14.5. The summed E-state index contributed by atoms with van der Waals surface area (Å²) < 4.78 is 11.6. The van der Waals surface area contributed by atoms with Crippen LogP contribution >= 0.6 is 0 Å². The molecule has 1 heterocycles. The average molecular weight is 473 g/mol. The third-order valence-corrected chi connectivity index (χ3v) is 6.38. The summed E-state index contributed by atoms with van der Waals surface area (Å²) in [7, 11) is 0. The van der Waals surface area contributed by atoms with Gasteiger partial charge in [0.25, 0.3) is 5.91 Å². The molecule has 5 nitrogen and oxygen atoms in total. The zero-order valence-corrected chi connectivity index (χ0v) is 21.0. The minimum absolute atomic E-state index is 0.0643. The largest absolute Gasteiger partial charge is 0.494 e. The van der Waals surface area contributed by atoms with Gasteiger partial charge in [0, 0.05) is 37.3 Å². The number of amides is 1. The number of benzene rings is 3. The Bertz CT molecular complexity index is 1040. The second-order valence-electron chi connectivity index (χ2n) is 9.17. The predicted octanol–water partition coefficient (Wildman–Crippen LogP) is 5.56. The number of ether oxygens (including phenoxy) is 2. The van der Waals surface area contributed by atoms with Gasteiger partial charge >= 0.3 is 0 Å². The number of piperazine rings is 1. The summed E-state index contributed by atoms with van der Waals surface area (Å²) in [6.45, 7) is 10.0. The quantitative estimate of drug-likeness (QED) is 0.409. The minimum Gasteiger partial charge on any atom is -0.494 e. The van der Waals surface area contributed by atoms with Crippen LogP contribution in [-0.4, -0.2) is 54.6 Å². The molecule has 0 saturated carbocycles. The molecular formula is C30H36N2O3. The van der Waals surface area contributed by atoms with Crippen molar-refractivity contribution in [1.29, 1.82) is 0 Å². The Morgan fingerprint density at radius 2 is 1.46 bits per heavy atom. The van der Waals surface area contributed by atoms with E-state index in [-0.39, 0.29) is 18.1 Å². The van der Waals surface area contributed by atoms with Gasteiger partial charge in [-0.15, -0.1) is 0 Å². The van der Waals surface area contributed by atoms with Gasteiger partial charge in [0.1, 0.15) is 5.75 Å². The van der Waals surface area contributed by atoms with Crippen LogP contribution in [0.2, 0.25) is 0 Å². The summed E-state index contributed by atoms with van der Waals surface area (Å²) in [6, 6.07) is 27.1. The van der Waals surface area contributed by atoms with Crippen LogP contribution in [0, 0.1) is 0 Å². The van der Waals surface area contributed by atoms with Crippen molar-refractivity contribution in [1.82, 2.24) is 9.80 Å². The molecule has 1 aliphatic rings. The van der Waals surface area contributed by atoms with Crippen LogP contribution in [0.15, 0.2) is 78.9 Å². The van der Waals surface area contributed by atoms with E-state index in [1.54, 1.807) is 0 Å². The summed E-state index contributed by atoms with van der Waals surface area (Å²) in [6.07, 6.45) is 0.110. The Kier molecular flexibility index (Phi) is 8.56. The lowest BCUT2D eigenvalue weighted by Gasteiger charge is -2.40. The van der Waals surface area contributed by atoms with Crippen molar-refractivity contribution in [3.63, 3.8) is 0 Å². The van der Waals surface area contributed by atoms with Crippen molar-refractivity contribution in [3.05, 3.63) is 101 Å². The summed E-state index contributed by atoms with van der Waals surface area (Å²) >= 11 is 0. The monoisotopic (exact) mass is 472 g/mol. The zero-order valence-electron chi connectivity index (χ0n) is 21.0.